The molecule has 2 aliphatic heterocycles. The van der Waals surface area contributed by atoms with Gasteiger partial charge in [-0.05, 0) is 74.6 Å². The largest absolute Gasteiger partial charge is 0.487 e. The van der Waals surface area contributed by atoms with Gasteiger partial charge in [0, 0.05) is 79.4 Å². The molecule has 1 N–H and O–H groups in total. The van der Waals surface area contributed by atoms with Gasteiger partial charge >= 0.3 is 6.18 Å². The first-order chi connectivity index (χ1) is 27.7. The van der Waals surface area contributed by atoms with Crippen LogP contribution in [-0.4, -0.2) is 107 Å². The molecule has 0 radical (unpaired) electrons. The van der Waals surface area contributed by atoms with E-state index in [-0.39, 0.29) is 12.4 Å². The van der Waals surface area contributed by atoms with Crippen molar-refractivity contribution in [2.45, 2.75) is 22.4 Å². The number of rotatable bonds is 14. The summed E-state index contributed by atoms with van der Waals surface area (Å²) in [5, 5.41) is 4.10. The van der Waals surface area contributed by atoms with Gasteiger partial charge in [0.1, 0.15) is 25.4 Å². The summed E-state index contributed by atoms with van der Waals surface area (Å²) in [7, 11) is 5.38. The van der Waals surface area contributed by atoms with Gasteiger partial charge in [0.2, 0.25) is 0 Å². The molecule has 0 bridgehead atoms. The summed E-state index contributed by atoms with van der Waals surface area (Å²) in [5.74, 6) is 4.44. The number of alkyl halides is 3. The van der Waals surface area contributed by atoms with E-state index in [1.807, 2.05) is 60.7 Å². The second-order valence-corrected chi connectivity index (χ2v) is 14.6. The molecule has 4 aromatic carbocycles. The Balaban J connectivity index is 0.000000217. The number of nitrogens with one attached hydrogen (secondary N) is 1. The number of methoxy groups -OCH3 is 2. The number of para-hydroxylation sites is 1. The van der Waals surface area contributed by atoms with Crippen LogP contribution in [0, 0.1) is 12.3 Å². The van der Waals surface area contributed by atoms with E-state index in [9.17, 15) is 13.2 Å². The maximum Gasteiger partial charge on any atom is 0.416 e. The summed E-state index contributed by atoms with van der Waals surface area (Å²) < 4.78 is 61.6. The summed E-state index contributed by atoms with van der Waals surface area (Å²) in [6, 6.07) is 23.3. The van der Waals surface area contributed by atoms with Crippen LogP contribution in [0.2, 0.25) is 0 Å². The molecule has 0 atom stereocenters. The molecule has 7 rings (SSSR count). The number of hydrogen-bond donors (Lipinski definition) is 1. The van der Waals surface area contributed by atoms with Crippen LogP contribution in [0.25, 0.3) is 10.9 Å². The minimum atomic E-state index is -4.33. The van der Waals surface area contributed by atoms with Gasteiger partial charge in [-0.25, -0.2) is 9.97 Å². The van der Waals surface area contributed by atoms with E-state index in [1.165, 1.54) is 18.5 Å². The second kappa shape index (κ2) is 21.3. The SMILES string of the molecule is C#Cc1cccc(Nc2ncnc3cc(OCCOC)c(OCCOC)cc23)c1.CN1CCN(CCCN2c3ccccc3Sc3ccc(C(F)(F)F)cc32)CC1.Cl. The van der Waals surface area contributed by atoms with Crippen molar-refractivity contribution in [2.75, 3.05) is 97.2 Å². The second-order valence-electron chi connectivity index (χ2n) is 13.5. The highest BCUT2D eigenvalue weighted by Crippen LogP contribution is 2.49. The lowest BCUT2D eigenvalue weighted by atomic mass is 10.1. The minimum absolute atomic E-state index is 0. The van der Waals surface area contributed by atoms with Crippen LogP contribution in [0.1, 0.15) is 17.5 Å². The molecule has 58 heavy (non-hydrogen) atoms. The number of ether oxygens (including phenoxy) is 4. The molecule has 10 nitrogen and oxygen atoms in total. The maximum atomic E-state index is 13.3. The van der Waals surface area contributed by atoms with Crippen molar-refractivity contribution >= 4 is 58.0 Å². The average molecular weight is 837 g/mol. The topological polar surface area (TPSA) is 84.5 Å². The molecule has 2 aliphatic rings. The number of anilines is 4. The van der Waals surface area contributed by atoms with Gasteiger partial charge < -0.3 is 39.0 Å². The Bertz CT molecular complexity index is 2150. The molecular formula is C43H48ClF3N6O4S. The van der Waals surface area contributed by atoms with Gasteiger partial charge in [-0.2, -0.15) is 13.2 Å². The summed E-state index contributed by atoms with van der Waals surface area (Å²) in [5.41, 5.74) is 3.42. The monoisotopic (exact) mass is 836 g/mol. The van der Waals surface area contributed by atoms with Gasteiger partial charge in [0.05, 0.1) is 35.7 Å². The van der Waals surface area contributed by atoms with Gasteiger partial charge in [-0.15, -0.1) is 18.8 Å². The Hall–Kier alpha value is -4.75. The van der Waals surface area contributed by atoms with E-state index in [1.54, 1.807) is 32.0 Å². The van der Waals surface area contributed by atoms with Crippen LogP contribution in [-0.2, 0) is 15.7 Å². The molecule has 3 heterocycles. The van der Waals surface area contributed by atoms with Crippen molar-refractivity contribution in [3.8, 4) is 23.8 Å². The molecule has 0 spiro atoms. The quantitative estimate of drug-likeness (QED) is 0.0862. The van der Waals surface area contributed by atoms with Crippen LogP contribution >= 0.6 is 24.2 Å². The van der Waals surface area contributed by atoms with E-state index < -0.39 is 11.7 Å². The standard InChI is InChI=1S/C22H23N3O4.C21H24F3N3S.ClH/c1-4-16-6-5-7-17(12-16)25-22-18-13-20(28-10-8-26-2)21(29-11-9-27-3)14-19(18)23-15-24-22;1-25-11-13-26(14-12-25)9-4-10-27-17-5-2-3-6-19(17)28-20-8-7-16(15-18(20)27)21(22,23)24;/h1,5-7,12-15H,8-11H2,2-3H3,(H,23,24,25);2-3,5-8,15H,4,9-14H2,1H3;1H. The zero-order valence-corrected chi connectivity index (χ0v) is 34.4. The Kier molecular flexibility index (Phi) is 16.3. The third kappa shape index (κ3) is 11.7. The summed E-state index contributed by atoms with van der Waals surface area (Å²) in [6.07, 6.45) is 3.58. The third-order valence-electron chi connectivity index (χ3n) is 9.49. The predicted octanol–water partition coefficient (Wildman–Crippen LogP) is 8.77. The molecule has 308 valence electrons. The fourth-order valence-corrected chi connectivity index (χ4v) is 7.53. The number of halogens is 4. The fraction of sp³-hybridized carbons (Fsp3) is 0.349. The Labute approximate surface area is 348 Å². The summed E-state index contributed by atoms with van der Waals surface area (Å²) >= 11 is 1.54. The van der Waals surface area contributed by atoms with Gasteiger partial charge in [0.15, 0.2) is 11.5 Å². The van der Waals surface area contributed by atoms with Gasteiger partial charge in [-0.3, -0.25) is 0 Å². The van der Waals surface area contributed by atoms with Crippen LogP contribution in [0.5, 0.6) is 11.5 Å². The Morgan fingerprint density at radius 1 is 0.793 bits per heavy atom. The first-order valence-electron chi connectivity index (χ1n) is 18.7. The Morgan fingerprint density at radius 3 is 2.21 bits per heavy atom. The lowest BCUT2D eigenvalue weighted by Gasteiger charge is -2.35. The number of likely N-dealkylation sites (N-methyl/N-ethyl adjacent to an activating group) is 1. The number of fused-ring (bicyclic) bond motifs is 3. The first-order valence-corrected chi connectivity index (χ1v) is 19.5. The smallest absolute Gasteiger partial charge is 0.416 e. The van der Waals surface area contributed by atoms with Crippen LogP contribution < -0.4 is 19.7 Å². The van der Waals surface area contributed by atoms with Gasteiger partial charge in [-0.1, -0.05) is 35.9 Å². The highest BCUT2D eigenvalue weighted by atomic mass is 35.5. The number of piperazine rings is 1. The Morgan fingerprint density at radius 2 is 1.50 bits per heavy atom. The summed E-state index contributed by atoms with van der Waals surface area (Å²) in [4.78, 5) is 17.6. The number of aromatic nitrogens is 2. The molecule has 0 aliphatic carbocycles. The van der Waals surface area contributed by atoms with Crippen molar-refractivity contribution in [2.24, 2.45) is 0 Å². The lowest BCUT2D eigenvalue weighted by Crippen LogP contribution is -2.45. The average Bonchev–Trinajstić information content (AvgIpc) is 3.21. The number of hydrogen-bond acceptors (Lipinski definition) is 11. The van der Waals surface area contributed by atoms with E-state index in [0.29, 0.717) is 56.0 Å². The molecule has 5 aromatic rings. The third-order valence-corrected chi connectivity index (χ3v) is 10.6. The van der Waals surface area contributed by atoms with E-state index in [4.69, 9.17) is 25.4 Å². The van der Waals surface area contributed by atoms with Gasteiger partial charge in [0.25, 0.3) is 0 Å². The van der Waals surface area contributed by atoms with E-state index >= 15 is 0 Å². The normalized spacial score (nSPS) is 14.0. The first kappa shape index (κ1) is 44.4. The molecule has 0 unspecified atom stereocenters. The molecule has 15 heteroatoms. The van der Waals surface area contributed by atoms with Crippen molar-refractivity contribution in [1.29, 1.82) is 0 Å². The number of nitrogens with zero attached hydrogens (tertiary/aromatic N) is 5. The van der Waals surface area contributed by atoms with Crippen LogP contribution in [0.3, 0.4) is 0 Å². The fourth-order valence-electron chi connectivity index (χ4n) is 6.45. The summed E-state index contributed by atoms with van der Waals surface area (Å²) in [6.45, 7) is 7.65. The molecule has 1 fully saturated rings. The molecule has 1 aromatic heterocycles. The van der Waals surface area contributed by atoms with Crippen molar-refractivity contribution in [3.05, 3.63) is 96.3 Å². The maximum absolute atomic E-state index is 13.3. The van der Waals surface area contributed by atoms with Crippen molar-refractivity contribution in [1.82, 2.24) is 19.8 Å². The van der Waals surface area contributed by atoms with Crippen LogP contribution in [0.15, 0.2) is 95.0 Å². The van der Waals surface area contributed by atoms with E-state index in [2.05, 4.69) is 43.0 Å². The zero-order valence-electron chi connectivity index (χ0n) is 32.8. The predicted molar refractivity (Wildman–Crippen MR) is 227 cm³/mol. The number of benzene rings is 4. The van der Waals surface area contributed by atoms with Crippen molar-refractivity contribution in [3.63, 3.8) is 0 Å². The van der Waals surface area contributed by atoms with Crippen LogP contribution in [0.4, 0.5) is 36.1 Å². The molecular weight excluding hydrogens is 789 g/mol. The molecule has 0 amide bonds. The molecule has 1 saturated heterocycles. The number of terminal acetylenes is 1. The zero-order chi connectivity index (χ0) is 40.2. The minimum Gasteiger partial charge on any atom is -0.487 e. The van der Waals surface area contributed by atoms with Crippen molar-refractivity contribution < 1.29 is 32.1 Å². The van der Waals surface area contributed by atoms with E-state index in [0.717, 1.165) is 76.8 Å². The highest BCUT2D eigenvalue weighted by Gasteiger charge is 2.33. The highest BCUT2D eigenvalue weighted by molar-refractivity contribution is 7.99. The molecule has 0 saturated carbocycles. The lowest BCUT2D eigenvalue weighted by molar-refractivity contribution is -0.137.